The lowest BCUT2D eigenvalue weighted by Crippen LogP contribution is -2.34. The number of benzene rings is 3. The number of hydrogen-bond donors (Lipinski definition) is 2. The van der Waals surface area contributed by atoms with Crippen molar-refractivity contribution in [2.75, 3.05) is 5.32 Å². The molecule has 0 bridgehead atoms. The van der Waals surface area contributed by atoms with Gasteiger partial charge in [-0.25, -0.2) is 0 Å². The summed E-state index contributed by atoms with van der Waals surface area (Å²) < 4.78 is 0. The lowest BCUT2D eigenvalue weighted by Gasteiger charge is -2.13. The van der Waals surface area contributed by atoms with Gasteiger partial charge in [-0.3, -0.25) is 10.1 Å². The minimum absolute atomic E-state index is 0.262. The summed E-state index contributed by atoms with van der Waals surface area (Å²) in [6.45, 7) is 3.99. The highest BCUT2D eigenvalue weighted by Gasteiger charge is 2.13. The van der Waals surface area contributed by atoms with Crippen LogP contribution in [0.1, 0.15) is 21.5 Å². The molecule has 3 aromatic carbocycles. The van der Waals surface area contributed by atoms with Crippen molar-refractivity contribution in [1.29, 1.82) is 0 Å². The summed E-state index contributed by atoms with van der Waals surface area (Å²) in [6, 6.07) is 17.0. The smallest absolute Gasteiger partial charge is 0.258 e. The van der Waals surface area contributed by atoms with Crippen molar-refractivity contribution in [1.82, 2.24) is 5.32 Å². The summed E-state index contributed by atoms with van der Waals surface area (Å²) in [5, 5.41) is 8.33. The van der Waals surface area contributed by atoms with Gasteiger partial charge < -0.3 is 5.32 Å². The average molecular weight is 369 g/mol. The number of carbonyl (C=O) groups is 1. The van der Waals surface area contributed by atoms with Gasteiger partial charge in [0.25, 0.3) is 5.91 Å². The molecule has 3 nitrogen and oxygen atoms in total. The topological polar surface area (TPSA) is 41.1 Å². The molecule has 0 aliphatic heterocycles. The number of thiocarbonyl (C=S) groups is 1. The van der Waals surface area contributed by atoms with Crippen LogP contribution in [-0.4, -0.2) is 11.0 Å². The first-order valence-corrected chi connectivity index (χ1v) is 8.61. The molecule has 0 atom stereocenters. The van der Waals surface area contributed by atoms with Gasteiger partial charge in [0.05, 0.1) is 0 Å². The van der Waals surface area contributed by atoms with E-state index in [-0.39, 0.29) is 11.0 Å². The second-order valence-electron chi connectivity index (χ2n) is 5.87. The number of amides is 1. The Balaban J connectivity index is 1.82. The van der Waals surface area contributed by atoms with Crippen LogP contribution in [-0.2, 0) is 0 Å². The second-order valence-corrected chi connectivity index (χ2v) is 6.68. The molecule has 0 aliphatic rings. The van der Waals surface area contributed by atoms with Gasteiger partial charge in [-0.2, -0.15) is 0 Å². The maximum Gasteiger partial charge on any atom is 0.258 e. The summed E-state index contributed by atoms with van der Waals surface area (Å²) in [7, 11) is 0. The van der Waals surface area contributed by atoms with Crippen LogP contribution in [0, 0.1) is 13.8 Å². The fourth-order valence-electron chi connectivity index (χ4n) is 2.66. The Morgan fingerprint density at radius 2 is 1.72 bits per heavy atom. The van der Waals surface area contributed by atoms with Gasteiger partial charge in [-0.05, 0) is 60.8 Å². The van der Waals surface area contributed by atoms with E-state index in [2.05, 4.69) is 10.6 Å². The molecule has 0 saturated carbocycles. The molecule has 0 saturated heterocycles. The molecule has 25 heavy (non-hydrogen) atoms. The standard InChI is InChI=1S/C20H17ClN2OS/c1-12-9-10-13(2)18(11-12)22-20(25)23-19(24)16-7-3-6-15-14(16)5-4-8-17(15)21/h3-11H,1-2H3,(H2,22,23,24,25). The number of nitrogens with one attached hydrogen (secondary N) is 2. The quantitative estimate of drug-likeness (QED) is 0.608. The Morgan fingerprint density at radius 3 is 2.52 bits per heavy atom. The molecule has 0 heterocycles. The van der Waals surface area contributed by atoms with E-state index in [1.807, 2.05) is 56.3 Å². The number of hydrogen-bond acceptors (Lipinski definition) is 2. The molecule has 126 valence electrons. The van der Waals surface area contributed by atoms with Gasteiger partial charge in [0.2, 0.25) is 0 Å². The average Bonchev–Trinajstić information content (AvgIpc) is 2.58. The normalized spacial score (nSPS) is 10.5. The molecule has 3 rings (SSSR count). The van der Waals surface area contributed by atoms with Crippen LogP contribution < -0.4 is 10.6 Å². The summed E-state index contributed by atoms with van der Waals surface area (Å²) in [6.07, 6.45) is 0. The molecular weight excluding hydrogens is 352 g/mol. The molecule has 3 aromatic rings. The highest BCUT2D eigenvalue weighted by atomic mass is 35.5. The molecule has 1 amide bonds. The van der Waals surface area contributed by atoms with Crippen molar-refractivity contribution >= 4 is 51.3 Å². The van der Waals surface area contributed by atoms with Crippen LogP contribution >= 0.6 is 23.8 Å². The fourth-order valence-corrected chi connectivity index (χ4v) is 3.10. The lowest BCUT2D eigenvalue weighted by molar-refractivity contribution is 0.0979. The van der Waals surface area contributed by atoms with Crippen molar-refractivity contribution in [3.63, 3.8) is 0 Å². The van der Waals surface area contributed by atoms with Gasteiger partial charge >= 0.3 is 0 Å². The fraction of sp³-hybridized carbons (Fsp3) is 0.100. The number of carbonyl (C=O) groups excluding carboxylic acids is 1. The van der Waals surface area contributed by atoms with E-state index in [1.165, 1.54) is 0 Å². The lowest BCUT2D eigenvalue weighted by atomic mass is 10.0. The van der Waals surface area contributed by atoms with Crippen molar-refractivity contribution < 1.29 is 4.79 Å². The molecule has 0 radical (unpaired) electrons. The third kappa shape index (κ3) is 3.81. The zero-order valence-corrected chi connectivity index (χ0v) is 15.5. The van der Waals surface area contributed by atoms with Crippen LogP contribution in [0.5, 0.6) is 0 Å². The maximum absolute atomic E-state index is 12.6. The van der Waals surface area contributed by atoms with E-state index in [1.54, 1.807) is 12.1 Å². The van der Waals surface area contributed by atoms with Crippen LogP contribution in [0.4, 0.5) is 5.69 Å². The molecule has 0 aromatic heterocycles. The summed E-state index contributed by atoms with van der Waals surface area (Å²) >= 11 is 11.5. The van der Waals surface area contributed by atoms with Gasteiger partial charge in [0.15, 0.2) is 5.11 Å². The van der Waals surface area contributed by atoms with E-state index < -0.39 is 0 Å². The summed E-state index contributed by atoms with van der Waals surface area (Å²) in [5.41, 5.74) is 3.58. The van der Waals surface area contributed by atoms with Crippen LogP contribution in [0.15, 0.2) is 54.6 Å². The third-order valence-corrected chi connectivity index (χ3v) is 4.52. The summed E-state index contributed by atoms with van der Waals surface area (Å²) in [5.74, 6) is -0.268. The first kappa shape index (κ1) is 17.4. The number of rotatable bonds is 2. The Kier molecular flexibility index (Phi) is 5.02. The highest BCUT2D eigenvalue weighted by Crippen LogP contribution is 2.26. The monoisotopic (exact) mass is 368 g/mol. The minimum Gasteiger partial charge on any atom is -0.332 e. The van der Waals surface area contributed by atoms with Crippen molar-refractivity contribution in [3.8, 4) is 0 Å². The van der Waals surface area contributed by atoms with Gasteiger partial charge in [-0.1, -0.05) is 48.0 Å². The minimum atomic E-state index is -0.268. The Morgan fingerprint density at radius 1 is 1.00 bits per heavy atom. The molecule has 2 N–H and O–H groups in total. The Hall–Kier alpha value is -2.43. The molecule has 5 heteroatoms. The van der Waals surface area contributed by atoms with E-state index >= 15 is 0 Å². The van der Waals surface area contributed by atoms with E-state index in [0.29, 0.717) is 10.6 Å². The van der Waals surface area contributed by atoms with Gasteiger partial charge in [0, 0.05) is 21.7 Å². The zero-order valence-electron chi connectivity index (χ0n) is 13.9. The van der Waals surface area contributed by atoms with Crippen molar-refractivity contribution in [2.24, 2.45) is 0 Å². The number of halogens is 1. The molecule has 0 spiro atoms. The molecular formula is C20H17ClN2OS. The van der Waals surface area contributed by atoms with Gasteiger partial charge in [0.1, 0.15) is 0 Å². The van der Waals surface area contributed by atoms with Crippen molar-refractivity contribution in [3.05, 3.63) is 76.3 Å². The third-order valence-electron chi connectivity index (χ3n) is 3.98. The highest BCUT2D eigenvalue weighted by molar-refractivity contribution is 7.80. The molecule has 0 aliphatic carbocycles. The zero-order chi connectivity index (χ0) is 18.0. The van der Waals surface area contributed by atoms with Gasteiger partial charge in [-0.15, -0.1) is 0 Å². The largest absolute Gasteiger partial charge is 0.332 e. The summed E-state index contributed by atoms with van der Waals surface area (Å²) in [4.78, 5) is 12.6. The van der Waals surface area contributed by atoms with Crippen LogP contribution in [0.25, 0.3) is 10.8 Å². The number of aryl methyl sites for hydroxylation is 2. The van der Waals surface area contributed by atoms with E-state index in [9.17, 15) is 4.79 Å². The number of anilines is 1. The van der Waals surface area contributed by atoms with E-state index in [4.69, 9.17) is 23.8 Å². The Bertz CT molecular complexity index is 985. The second kappa shape index (κ2) is 7.21. The predicted octanol–water partition coefficient (Wildman–Crippen LogP) is 5.24. The predicted molar refractivity (Wildman–Crippen MR) is 109 cm³/mol. The SMILES string of the molecule is Cc1ccc(C)c(NC(=S)NC(=O)c2cccc3c(Cl)cccc23)c1. The first-order chi connectivity index (χ1) is 12.0. The van der Waals surface area contributed by atoms with E-state index in [0.717, 1.165) is 27.6 Å². The van der Waals surface area contributed by atoms with Crippen LogP contribution in [0.2, 0.25) is 5.02 Å². The number of fused-ring (bicyclic) bond motifs is 1. The molecule has 0 fully saturated rings. The Labute approximate surface area is 157 Å². The molecule has 0 unspecified atom stereocenters. The van der Waals surface area contributed by atoms with Crippen LogP contribution in [0.3, 0.4) is 0 Å². The maximum atomic E-state index is 12.6. The first-order valence-electron chi connectivity index (χ1n) is 7.82. The van der Waals surface area contributed by atoms with Crippen molar-refractivity contribution in [2.45, 2.75) is 13.8 Å².